The van der Waals surface area contributed by atoms with Gasteiger partial charge < -0.3 is 15.4 Å². The van der Waals surface area contributed by atoms with Crippen LogP contribution in [0.4, 0.5) is 0 Å². The van der Waals surface area contributed by atoms with Crippen molar-refractivity contribution in [2.24, 2.45) is 5.73 Å². The fourth-order valence-corrected chi connectivity index (χ4v) is 2.15. The summed E-state index contributed by atoms with van der Waals surface area (Å²) in [5.74, 6) is 0. The lowest BCUT2D eigenvalue weighted by Crippen LogP contribution is -2.37. The van der Waals surface area contributed by atoms with Crippen LogP contribution in [0.1, 0.15) is 32.6 Å². The molecule has 1 aliphatic heterocycles. The van der Waals surface area contributed by atoms with Gasteiger partial charge in [0.2, 0.25) is 0 Å². The number of likely N-dealkylation sites (N-methyl/N-ethyl adjacent to an activating group) is 1. The van der Waals surface area contributed by atoms with Crippen LogP contribution >= 0.6 is 0 Å². The molecule has 1 saturated heterocycles. The first-order valence-corrected chi connectivity index (χ1v) is 5.77. The third-order valence-electron chi connectivity index (χ3n) is 3.12. The normalized spacial score (nSPS) is 27.4. The number of ether oxygens (including phenoxy) is 1. The predicted molar refractivity (Wildman–Crippen MR) is 59.4 cm³/mol. The maximum Gasteiger partial charge on any atom is 0.0702 e. The van der Waals surface area contributed by atoms with Crippen molar-refractivity contribution in [1.82, 2.24) is 4.90 Å². The lowest BCUT2D eigenvalue weighted by Gasteiger charge is -2.26. The standard InChI is InChI=1S/C11H24N2O/c1-10-11(6-9-14-10)13(2)8-5-3-4-7-12/h10-11H,3-9,12H2,1-2H3. The molecule has 0 bridgehead atoms. The molecule has 2 atom stereocenters. The van der Waals surface area contributed by atoms with Gasteiger partial charge in [-0.05, 0) is 46.3 Å². The first-order valence-electron chi connectivity index (χ1n) is 5.77. The zero-order chi connectivity index (χ0) is 10.4. The van der Waals surface area contributed by atoms with Crippen LogP contribution in [0.2, 0.25) is 0 Å². The van der Waals surface area contributed by atoms with Crippen molar-refractivity contribution in [3.63, 3.8) is 0 Å². The molecule has 2 unspecified atom stereocenters. The second-order valence-corrected chi connectivity index (χ2v) is 4.26. The maximum absolute atomic E-state index is 5.55. The van der Waals surface area contributed by atoms with E-state index in [0.29, 0.717) is 12.1 Å². The summed E-state index contributed by atoms with van der Waals surface area (Å²) >= 11 is 0. The van der Waals surface area contributed by atoms with E-state index in [9.17, 15) is 0 Å². The molecule has 2 N–H and O–H groups in total. The molecular formula is C11H24N2O. The highest BCUT2D eigenvalue weighted by atomic mass is 16.5. The number of rotatable bonds is 6. The average molecular weight is 200 g/mol. The summed E-state index contributed by atoms with van der Waals surface area (Å²) < 4.78 is 5.55. The third kappa shape index (κ3) is 3.56. The first-order chi connectivity index (χ1) is 6.75. The Kier molecular flexibility index (Phi) is 5.45. The zero-order valence-corrected chi connectivity index (χ0v) is 9.54. The minimum Gasteiger partial charge on any atom is -0.377 e. The fraction of sp³-hybridized carbons (Fsp3) is 1.00. The second-order valence-electron chi connectivity index (χ2n) is 4.26. The molecular weight excluding hydrogens is 176 g/mol. The quantitative estimate of drug-likeness (QED) is 0.655. The van der Waals surface area contributed by atoms with Crippen molar-refractivity contribution in [2.75, 3.05) is 26.7 Å². The van der Waals surface area contributed by atoms with E-state index in [4.69, 9.17) is 10.5 Å². The van der Waals surface area contributed by atoms with Gasteiger partial charge >= 0.3 is 0 Å². The minimum absolute atomic E-state index is 0.412. The second kappa shape index (κ2) is 6.38. The lowest BCUT2D eigenvalue weighted by molar-refractivity contribution is 0.0831. The molecule has 0 spiro atoms. The molecule has 0 aromatic rings. The molecule has 3 nitrogen and oxygen atoms in total. The predicted octanol–water partition coefficient (Wildman–Crippen LogP) is 1.22. The first kappa shape index (κ1) is 12.0. The van der Waals surface area contributed by atoms with Gasteiger partial charge in [-0.2, -0.15) is 0 Å². The van der Waals surface area contributed by atoms with E-state index in [1.54, 1.807) is 0 Å². The summed E-state index contributed by atoms with van der Waals surface area (Å²) in [6.07, 6.45) is 5.27. The fourth-order valence-electron chi connectivity index (χ4n) is 2.15. The Balaban J connectivity index is 2.11. The Morgan fingerprint density at radius 1 is 1.36 bits per heavy atom. The summed E-state index contributed by atoms with van der Waals surface area (Å²) in [5.41, 5.74) is 5.46. The number of hydrogen-bond acceptors (Lipinski definition) is 3. The molecule has 3 heteroatoms. The van der Waals surface area contributed by atoms with Gasteiger partial charge in [-0.1, -0.05) is 6.42 Å². The van der Waals surface area contributed by atoms with Gasteiger partial charge in [0.15, 0.2) is 0 Å². The molecule has 0 aromatic carbocycles. The molecule has 1 fully saturated rings. The molecule has 0 aromatic heterocycles. The van der Waals surface area contributed by atoms with Gasteiger partial charge in [0, 0.05) is 12.6 Å². The Morgan fingerprint density at radius 3 is 2.71 bits per heavy atom. The molecule has 0 amide bonds. The van der Waals surface area contributed by atoms with E-state index >= 15 is 0 Å². The summed E-state index contributed by atoms with van der Waals surface area (Å²) in [7, 11) is 2.21. The van der Waals surface area contributed by atoms with Crippen LogP contribution in [-0.4, -0.2) is 43.8 Å². The van der Waals surface area contributed by atoms with Crippen LogP contribution in [0.15, 0.2) is 0 Å². The molecule has 84 valence electrons. The van der Waals surface area contributed by atoms with Crippen LogP contribution in [0.3, 0.4) is 0 Å². The number of unbranched alkanes of at least 4 members (excludes halogenated alkanes) is 2. The van der Waals surface area contributed by atoms with E-state index in [0.717, 1.165) is 19.6 Å². The highest BCUT2D eigenvalue weighted by molar-refractivity contribution is 4.80. The van der Waals surface area contributed by atoms with Gasteiger partial charge in [0.05, 0.1) is 6.10 Å². The van der Waals surface area contributed by atoms with Crippen LogP contribution in [0.5, 0.6) is 0 Å². The van der Waals surface area contributed by atoms with E-state index in [-0.39, 0.29) is 0 Å². The van der Waals surface area contributed by atoms with Crippen molar-refractivity contribution >= 4 is 0 Å². The monoisotopic (exact) mass is 200 g/mol. The number of hydrogen-bond donors (Lipinski definition) is 1. The van der Waals surface area contributed by atoms with Crippen LogP contribution in [0.25, 0.3) is 0 Å². The zero-order valence-electron chi connectivity index (χ0n) is 9.54. The van der Waals surface area contributed by atoms with Gasteiger partial charge in [-0.25, -0.2) is 0 Å². The third-order valence-corrected chi connectivity index (χ3v) is 3.12. The van der Waals surface area contributed by atoms with Crippen LogP contribution < -0.4 is 5.73 Å². The minimum atomic E-state index is 0.412. The van der Waals surface area contributed by atoms with Crippen molar-refractivity contribution in [2.45, 2.75) is 44.8 Å². The topological polar surface area (TPSA) is 38.5 Å². The molecule has 1 heterocycles. The van der Waals surface area contributed by atoms with E-state index < -0.39 is 0 Å². The van der Waals surface area contributed by atoms with Gasteiger partial charge in [0.25, 0.3) is 0 Å². The smallest absolute Gasteiger partial charge is 0.0702 e. The van der Waals surface area contributed by atoms with E-state index in [1.807, 2.05) is 0 Å². The van der Waals surface area contributed by atoms with Gasteiger partial charge in [-0.15, -0.1) is 0 Å². The Morgan fingerprint density at radius 2 is 2.14 bits per heavy atom. The molecule has 14 heavy (non-hydrogen) atoms. The Hall–Kier alpha value is -0.120. The average Bonchev–Trinajstić information content (AvgIpc) is 2.59. The van der Waals surface area contributed by atoms with Gasteiger partial charge in [-0.3, -0.25) is 0 Å². The van der Waals surface area contributed by atoms with Crippen LogP contribution in [-0.2, 0) is 4.74 Å². The SMILES string of the molecule is CC1OCCC1N(C)CCCCCN. The van der Waals surface area contributed by atoms with Gasteiger partial charge in [0.1, 0.15) is 0 Å². The summed E-state index contributed by atoms with van der Waals surface area (Å²) in [6, 6.07) is 0.632. The number of nitrogens with zero attached hydrogens (tertiary/aromatic N) is 1. The van der Waals surface area contributed by atoms with Crippen molar-refractivity contribution in [3.8, 4) is 0 Å². The van der Waals surface area contributed by atoms with Crippen molar-refractivity contribution in [3.05, 3.63) is 0 Å². The van der Waals surface area contributed by atoms with Crippen molar-refractivity contribution < 1.29 is 4.74 Å². The Labute approximate surface area is 87.6 Å². The molecule has 1 aliphatic rings. The molecule has 0 radical (unpaired) electrons. The van der Waals surface area contributed by atoms with Crippen molar-refractivity contribution in [1.29, 1.82) is 0 Å². The Bertz CT molecular complexity index is 152. The van der Waals surface area contributed by atoms with Crippen LogP contribution in [0, 0.1) is 0 Å². The molecule has 1 rings (SSSR count). The number of nitrogens with two attached hydrogens (primary N) is 1. The summed E-state index contributed by atoms with van der Waals surface area (Å²) in [4.78, 5) is 2.44. The summed E-state index contributed by atoms with van der Waals surface area (Å²) in [6.45, 7) is 5.11. The highest BCUT2D eigenvalue weighted by Crippen LogP contribution is 2.18. The lowest BCUT2D eigenvalue weighted by atomic mass is 10.1. The molecule has 0 saturated carbocycles. The van der Waals surface area contributed by atoms with E-state index in [1.165, 1.54) is 25.8 Å². The maximum atomic E-state index is 5.55. The van der Waals surface area contributed by atoms with E-state index in [2.05, 4.69) is 18.9 Å². The molecule has 0 aliphatic carbocycles. The summed E-state index contributed by atoms with van der Waals surface area (Å²) in [5, 5.41) is 0. The largest absolute Gasteiger partial charge is 0.377 e. The highest BCUT2D eigenvalue weighted by Gasteiger charge is 2.27.